The molecule has 5 atom stereocenters. The van der Waals surface area contributed by atoms with E-state index in [1.165, 1.54) is 0 Å². The Balaban J connectivity index is 1.77. The zero-order chi connectivity index (χ0) is 14.5. The van der Waals surface area contributed by atoms with E-state index in [1.807, 2.05) is 27.7 Å². The highest BCUT2D eigenvalue weighted by Gasteiger charge is 2.54. The van der Waals surface area contributed by atoms with E-state index in [1.54, 1.807) is 0 Å². The van der Waals surface area contributed by atoms with Gasteiger partial charge in [-0.15, -0.1) is 0 Å². The van der Waals surface area contributed by atoms with E-state index in [0.717, 1.165) is 0 Å². The number of fused-ring (bicyclic) bond motifs is 1. The largest absolute Gasteiger partial charge is 0.394 e. The van der Waals surface area contributed by atoms with E-state index >= 15 is 0 Å². The van der Waals surface area contributed by atoms with Crippen molar-refractivity contribution in [1.29, 1.82) is 0 Å². The molecule has 6 heteroatoms. The Morgan fingerprint density at radius 3 is 2.25 bits per heavy atom. The molecule has 3 heterocycles. The minimum absolute atomic E-state index is 0.00295. The van der Waals surface area contributed by atoms with Gasteiger partial charge in [-0.3, -0.25) is 0 Å². The summed E-state index contributed by atoms with van der Waals surface area (Å²) in [6, 6.07) is 0. The number of hydrogen-bond acceptors (Lipinski definition) is 6. The van der Waals surface area contributed by atoms with Crippen LogP contribution in [-0.4, -0.2) is 60.4 Å². The third-order valence-corrected chi connectivity index (χ3v) is 3.99. The maximum Gasteiger partial charge on any atom is 0.163 e. The predicted octanol–water partition coefficient (Wildman–Crippen LogP) is 0.808. The van der Waals surface area contributed by atoms with Gasteiger partial charge >= 0.3 is 0 Å². The van der Waals surface area contributed by atoms with Gasteiger partial charge in [0, 0.05) is 6.42 Å². The van der Waals surface area contributed by atoms with Gasteiger partial charge in [-0.2, -0.15) is 0 Å². The first-order chi connectivity index (χ1) is 9.30. The average molecular weight is 288 g/mol. The molecule has 3 saturated heterocycles. The van der Waals surface area contributed by atoms with Crippen molar-refractivity contribution in [2.45, 2.75) is 76.2 Å². The van der Waals surface area contributed by atoms with Gasteiger partial charge in [-0.25, -0.2) is 0 Å². The standard InChI is InChI=1S/C14H24O6/c1-13(2)16-7-10(19-13)12-11-9(5-8(6-15)17-11)18-14(3,4)20-12/h8-12,15H,5-7H2,1-4H3/t8-,9-,10+,11+,12+/m0/s1. The quantitative estimate of drug-likeness (QED) is 0.811. The Labute approximate surface area is 119 Å². The average Bonchev–Trinajstić information content (AvgIpc) is 2.89. The second kappa shape index (κ2) is 4.90. The number of ether oxygens (including phenoxy) is 5. The zero-order valence-corrected chi connectivity index (χ0v) is 12.5. The summed E-state index contributed by atoms with van der Waals surface area (Å²) in [5, 5.41) is 9.30. The van der Waals surface area contributed by atoms with Crippen molar-refractivity contribution in [3.8, 4) is 0 Å². The lowest BCUT2D eigenvalue weighted by molar-refractivity contribution is -0.338. The van der Waals surface area contributed by atoms with Crippen LogP contribution in [0.25, 0.3) is 0 Å². The van der Waals surface area contributed by atoms with Crippen molar-refractivity contribution in [3.63, 3.8) is 0 Å². The minimum atomic E-state index is -0.685. The summed E-state index contributed by atoms with van der Waals surface area (Å²) in [5.41, 5.74) is 0. The Bertz CT molecular complexity index is 369. The highest BCUT2D eigenvalue weighted by Crippen LogP contribution is 2.40. The number of rotatable bonds is 2. The van der Waals surface area contributed by atoms with Gasteiger partial charge in [0.05, 0.1) is 25.4 Å². The van der Waals surface area contributed by atoms with Crippen LogP contribution < -0.4 is 0 Å². The molecule has 3 aliphatic rings. The van der Waals surface area contributed by atoms with Crippen molar-refractivity contribution < 1.29 is 28.8 Å². The van der Waals surface area contributed by atoms with Gasteiger partial charge in [0.1, 0.15) is 18.3 Å². The van der Waals surface area contributed by atoms with E-state index in [4.69, 9.17) is 23.7 Å². The van der Waals surface area contributed by atoms with Crippen LogP contribution in [0.3, 0.4) is 0 Å². The molecule has 1 N–H and O–H groups in total. The lowest BCUT2D eigenvalue weighted by Gasteiger charge is -2.44. The van der Waals surface area contributed by atoms with Gasteiger partial charge in [0.15, 0.2) is 11.6 Å². The first kappa shape index (κ1) is 14.7. The molecule has 3 aliphatic heterocycles. The van der Waals surface area contributed by atoms with Crippen molar-refractivity contribution in [1.82, 2.24) is 0 Å². The van der Waals surface area contributed by atoms with Crippen LogP contribution >= 0.6 is 0 Å². The van der Waals surface area contributed by atoms with E-state index < -0.39 is 11.6 Å². The fourth-order valence-corrected chi connectivity index (χ4v) is 3.23. The summed E-state index contributed by atoms with van der Waals surface area (Å²) in [4.78, 5) is 0. The van der Waals surface area contributed by atoms with Gasteiger partial charge in [0.2, 0.25) is 0 Å². The summed E-state index contributed by atoms with van der Waals surface area (Å²) < 4.78 is 29.3. The molecule has 3 rings (SSSR count). The molecule has 6 nitrogen and oxygen atoms in total. The Hall–Kier alpha value is -0.240. The fraction of sp³-hybridized carbons (Fsp3) is 1.00. The van der Waals surface area contributed by atoms with E-state index in [-0.39, 0.29) is 37.1 Å². The molecule has 0 unspecified atom stereocenters. The third kappa shape index (κ3) is 2.73. The first-order valence-electron chi connectivity index (χ1n) is 7.23. The topological polar surface area (TPSA) is 66.4 Å². The van der Waals surface area contributed by atoms with Gasteiger partial charge in [-0.1, -0.05) is 0 Å². The van der Waals surface area contributed by atoms with Crippen LogP contribution in [0.2, 0.25) is 0 Å². The van der Waals surface area contributed by atoms with E-state index in [2.05, 4.69) is 0 Å². The Kier molecular flexibility index (Phi) is 3.60. The van der Waals surface area contributed by atoms with Crippen LogP contribution in [0.5, 0.6) is 0 Å². The van der Waals surface area contributed by atoms with Gasteiger partial charge in [-0.05, 0) is 27.7 Å². The molecule has 0 aromatic rings. The number of aliphatic hydroxyl groups excluding tert-OH is 1. The SMILES string of the molecule is CC1(C)O[C@H]([C@H]2COC(C)(C)O2)[C@@H]2O[C@H](CO)C[C@@H]2O1. The lowest BCUT2D eigenvalue weighted by Crippen LogP contribution is -2.57. The summed E-state index contributed by atoms with van der Waals surface area (Å²) in [6.07, 6.45) is -0.238. The normalized spacial score (nSPS) is 46.4. The Morgan fingerprint density at radius 1 is 0.950 bits per heavy atom. The summed E-state index contributed by atoms with van der Waals surface area (Å²) in [6.45, 7) is 8.04. The molecule has 116 valence electrons. The second-order valence-electron chi connectivity index (χ2n) is 6.65. The zero-order valence-electron chi connectivity index (χ0n) is 12.5. The summed E-state index contributed by atoms with van der Waals surface area (Å²) >= 11 is 0. The minimum Gasteiger partial charge on any atom is -0.394 e. The van der Waals surface area contributed by atoms with Crippen LogP contribution in [0.4, 0.5) is 0 Å². The highest BCUT2D eigenvalue weighted by molar-refractivity contribution is 4.97. The summed E-state index contributed by atoms with van der Waals surface area (Å²) in [7, 11) is 0. The van der Waals surface area contributed by atoms with Crippen molar-refractivity contribution in [3.05, 3.63) is 0 Å². The fourth-order valence-electron chi connectivity index (χ4n) is 3.23. The van der Waals surface area contributed by atoms with Gasteiger partial charge in [0.25, 0.3) is 0 Å². The van der Waals surface area contributed by atoms with Crippen molar-refractivity contribution >= 4 is 0 Å². The molecular weight excluding hydrogens is 264 g/mol. The molecule has 0 radical (unpaired) electrons. The van der Waals surface area contributed by atoms with Crippen molar-refractivity contribution in [2.24, 2.45) is 0 Å². The maximum atomic E-state index is 9.30. The number of aliphatic hydroxyl groups is 1. The lowest BCUT2D eigenvalue weighted by atomic mass is 9.99. The molecule has 0 aromatic carbocycles. The van der Waals surface area contributed by atoms with E-state index in [9.17, 15) is 5.11 Å². The maximum absolute atomic E-state index is 9.30. The molecule has 0 aromatic heterocycles. The molecule has 0 bridgehead atoms. The van der Waals surface area contributed by atoms with Crippen LogP contribution in [0.15, 0.2) is 0 Å². The molecule has 3 fully saturated rings. The second-order valence-corrected chi connectivity index (χ2v) is 6.65. The monoisotopic (exact) mass is 288 g/mol. The highest BCUT2D eigenvalue weighted by atomic mass is 16.8. The molecule has 0 aliphatic carbocycles. The van der Waals surface area contributed by atoms with Crippen molar-refractivity contribution in [2.75, 3.05) is 13.2 Å². The summed E-state index contributed by atoms with van der Waals surface area (Å²) in [5.74, 6) is -1.28. The Morgan fingerprint density at radius 2 is 1.65 bits per heavy atom. The van der Waals surface area contributed by atoms with E-state index in [0.29, 0.717) is 13.0 Å². The van der Waals surface area contributed by atoms with Crippen LogP contribution in [0, 0.1) is 0 Å². The third-order valence-electron chi connectivity index (χ3n) is 3.99. The molecule has 20 heavy (non-hydrogen) atoms. The molecule has 0 saturated carbocycles. The number of hydrogen-bond donors (Lipinski definition) is 1. The van der Waals surface area contributed by atoms with Gasteiger partial charge < -0.3 is 28.8 Å². The van der Waals surface area contributed by atoms with Crippen LogP contribution in [0.1, 0.15) is 34.1 Å². The molecular formula is C14H24O6. The molecule has 0 spiro atoms. The van der Waals surface area contributed by atoms with Crippen LogP contribution in [-0.2, 0) is 23.7 Å². The smallest absolute Gasteiger partial charge is 0.163 e. The first-order valence-corrected chi connectivity index (χ1v) is 7.23. The molecule has 0 amide bonds. The predicted molar refractivity (Wildman–Crippen MR) is 69.1 cm³/mol.